The highest BCUT2D eigenvalue weighted by atomic mass is 35.5. The molecule has 9 heteroatoms. The highest BCUT2D eigenvalue weighted by molar-refractivity contribution is 7.99. The van der Waals surface area contributed by atoms with Gasteiger partial charge >= 0.3 is 0 Å². The van der Waals surface area contributed by atoms with E-state index < -0.39 is 0 Å². The summed E-state index contributed by atoms with van der Waals surface area (Å²) in [4.78, 5) is 12.6. The minimum atomic E-state index is -0.124. The van der Waals surface area contributed by atoms with Crippen molar-refractivity contribution < 1.29 is 14.3 Å². The highest BCUT2D eigenvalue weighted by Gasteiger charge is 2.17. The Bertz CT molecular complexity index is 1310. The molecule has 0 aliphatic heterocycles. The zero-order valence-corrected chi connectivity index (χ0v) is 21.2. The lowest BCUT2D eigenvalue weighted by atomic mass is 10.1. The van der Waals surface area contributed by atoms with Crippen LogP contribution in [0, 0.1) is 13.8 Å². The van der Waals surface area contributed by atoms with Gasteiger partial charge in [-0.25, -0.2) is 0 Å². The molecule has 35 heavy (non-hydrogen) atoms. The van der Waals surface area contributed by atoms with Gasteiger partial charge in [-0.1, -0.05) is 29.4 Å². The molecule has 0 bridgehead atoms. The van der Waals surface area contributed by atoms with Gasteiger partial charge in [-0.15, -0.1) is 10.2 Å². The van der Waals surface area contributed by atoms with Crippen molar-refractivity contribution in [2.45, 2.75) is 25.6 Å². The lowest BCUT2D eigenvalue weighted by Gasteiger charge is -2.12. The van der Waals surface area contributed by atoms with Gasteiger partial charge in [0.1, 0.15) is 18.1 Å². The van der Waals surface area contributed by atoms with E-state index in [9.17, 15) is 4.79 Å². The highest BCUT2D eigenvalue weighted by Crippen LogP contribution is 2.25. The maximum Gasteiger partial charge on any atom is 0.234 e. The number of nitrogens with one attached hydrogen (secondary N) is 1. The van der Waals surface area contributed by atoms with E-state index in [1.165, 1.54) is 17.3 Å². The molecular formula is C26H25ClN4O3S. The van der Waals surface area contributed by atoms with E-state index in [2.05, 4.69) is 15.5 Å². The van der Waals surface area contributed by atoms with Crippen LogP contribution in [0.3, 0.4) is 0 Å². The van der Waals surface area contributed by atoms with E-state index in [1.54, 1.807) is 31.4 Å². The van der Waals surface area contributed by atoms with E-state index in [-0.39, 0.29) is 18.3 Å². The van der Waals surface area contributed by atoms with E-state index in [0.717, 1.165) is 22.7 Å². The average molecular weight is 509 g/mol. The third kappa shape index (κ3) is 6.35. The van der Waals surface area contributed by atoms with Gasteiger partial charge in [0, 0.05) is 16.4 Å². The van der Waals surface area contributed by atoms with Crippen LogP contribution in [-0.4, -0.2) is 33.5 Å². The molecule has 1 heterocycles. The van der Waals surface area contributed by atoms with Crippen molar-refractivity contribution in [2.75, 3.05) is 18.2 Å². The number of methoxy groups -OCH3 is 1. The lowest BCUT2D eigenvalue weighted by molar-refractivity contribution is -0.113. The summed E-state index contributed by atoms with van der Waals surface area (Å²) in [6, 6.07) is 20.5. The first-order valence-electron chi connectivity index (χ1n) is 10.9. The van der Waals surface area contributed by atoms with Crippen LogP contribution >= 0.6 is 23.4 Å². The number of hydrogen-bond donors (Lipinski definition) is 1. The summed E-state index contributed by atoms with van der Waals surface area (Å²) in [5, 5.41) is 12.8. The Balaban J connectivity index is 1.51. The van der Waals surface area contributed by atoms with E-state index in [1.807, 2.05) is 60.9 Å². The number of nitrogens with zero attached hydrogens (tertiary/aromatic N) is 3. The Morgan fingerprint density at radius 3 is 2.37 bits per heavy atom. The molecule has 0 fully saturated rings. The summed E-state index contributed by atoms with van der Waals surface area (Å²) >= 11 is 7.26. The minimum Gasteiger partial charge on any atom is -0.497 e. The van der Waals surface area contributed by atoms with E-state index >= 15 is 0 Å². The van der Waals surface area contributed by atoms with E-state index in [0.29, 0.717) is 21.8 Å². The van der Waals surface area contributed by atoms with Crippen molar-refractivity contribution in [1.82, 2.24) is 14.8 Å². The molecule has 1 N–H and O–H groups in total. The summed E-state index contributed by atoms with van der Waals surface area (Å²) < 4.78 is 13.1. The Labute approximate surface area is 213 Å². The maximum absolute atomic E-state index is 12.6. The molecule has 4 rings (SSSR count). The molecule has 0 radical (unpaired) electrons. The van der Waals surface area contributed by atoms with Gasteiger partial charge in [-0.05, 0) is 85.6 Å². The van der Waals surface area contributed by atoms with Gasteiger partial charge in [-0.2, -0.15) is 0 Å². The fraction of sp³-hybridized carbons (Fsp3) is 0.192. The van der Waals surface area contributed by atoms with Crippen LogP contribution in [0.4, 0.5) is 5.69 Å². The molecule has 0 saturated heterocycles. The standard InChI is InChI=1S/C26H25ClN4O3S/c1-17-4-7-20(14-18(17)2)28-25(32)16-35-26-30-29-24(15-34-23-10-5-19(27)6-11-23)31(26)21-8-12-22(33-3)13-9-21/h4-14H,15-16H2,1-3H3,(H,28,32). The number of anilines is 1. The normalized spacial score (nSPS) is 10.7. The largest absolute Gasteiger partial charge is 0.497 e. The molecule has 3 aromatic carbocycles. The number of carbonyl (C=O) groups is 1. The number of rotatable bonds is 9. The van der Waals surface area contributed by atoms with Crippen LogP contribution < -0.4 is 14.8 Å². The van der Waals surface area contributed by atoms with Crippen molar-refractivity contribution in [3.05, 3.63) is 88.7 Å². The van der Waals surface area contributed by atoms with Crippen LogP contribution in [0.1, 0.15) is 17.0 Å². The molecule has 180 valence electrons. The minimum absolute atomic E-state index is 0.124. The molecule has 7 nitrogen and oxygen atoms in total. The molecule has 4 aromatic rings. The van der Waals surface area contributed by atoms with Crippen molar-refractivity contribution in [2.24, 2.45) is 0 Å². The van der Waals surface area contributed by atoms with Gasteiger partial charge in [0.05, 0.1) is 12.9 Å². The summed E-state index contributed by atoms with van der Waals surface area (Å²) in [5.41, 5.74) is 3.91. The smallest absolute Gasteiger partial charge is 0.234 e. The Morgan fingerprint density at radius 2 is 1.69 bits per heavy atom. The van der Waals surface area contributed by atoms with Crippen LogP contribution in [0.2, 0.25) is 5.02 Å². The van der Waals surface area contributed by atoms with Crippen LogP contribution in [-0.2, 0) is 11.4 Å². The van der Waals surface area contributed by atoms with E-state index in [4.69, 9.17) is 21.1 Å². The SMILES string of the molecule is COc1ccc(-n2c(COc3ccc(Cl)cc3)nnc2SCC(=O)Nc2ccc(C)c(C)c2)cc1. The number of ether oxygens (including phenoxy) is 2. The number of carbonyl (C=O) groups excluding carboxylic acids is 1. The third-order valence-corrected chi connectivity index (χ3v) is 6.52. The number of halogens is 1. The zero-order valence-electron chi connectivity index (χ0n) is 19.6. The summed E-state index contributed by atoms with van der Waals surface area (Å²) in [6.07, 6.45) is 0. The summed E-state index contributed by atoms with van der Waals surface area (Å²) in [5.74, 6) is 2.06. The maximum atomic E-state index is 12.6. The first-order valence-corrected chi connectivity index (χ1v) is 12.3. The Hall–Kier alpha value is -3.49. The first-order chi connectivity index (χ1) is 16.9. The third-order valence-electron chi connectivity index (χ3n) is 5.34. The molecule has 0 aliphatic carbocycles. The number of aryl methyl sites for hydroxylation is 2. The fourth-order valence-corrected chi connectivity index (χ4v) is 4.20. The number of amides is 1. The van der Waals surface area contributed by atoms with Gasteiger partial charge in [0.25, 0.3) is 0 Å². The average Bonchev–Trinajstić information content (AvgIpc) is 3.27. The Kier molecular flexibility index (Phi) is 7.94. The molecule has 0 unspecified atom stereocenters. The number of benzene rings is 3. The molecule has 0 spiro atoms. The predicted octanol–water partition coefficient (Wildman–Crippen LogP) is 5.86. The predicted molar refractivity (Wildman–Crippen MR) is 139 cm³/mol. The van der Waals surface area contributed by atoms with Gasteiger partial charge in [-0.3, -0.25) is 9.36 Å². The summed E-state index contributed by atoms with van der Waals surface area (Å²) in [6.45, 7) is 4.25. The molecule has 1 amide bonds. The fourth-order valence-electron chi connectivity index (χ4n) is 3.30. The lowest BCUT2D eigenvalue weighted by Crippen LogP contribution is -2.15. The van der Waals surface area contributed by atoms with Crippen molar-refractivity contribution >= 4 is 35.0 Å². The number of hydrogen-bond acceptors (Lipinski definition) is 6. The monoisotopic (exact) mass is 508 g/mol. The Morgan fingerprint density at radius 1 is 0.971 bits per heavy atom. The van der Waals surface area contributed by atoms with Crippen LogP contribution in [0.15, 0.2) is 71.9 Å². The summed E-state index contributed by atoms with van der Waals surface area (Å²) in [7, 11) is 1.62. The second-order valence-corrected chi connectivity index (χ2v) is 9.19. The number of thioether (sulfide) groups is 1. The first kappa shape index (κ1) is 24.6. The van der Waals surface area contributed by atoms with Crippen LogP contribution in [0.25, 0.3) is 5.69 Å². The van der Waals surface area contributed by atoms with Gasteiger partial charge < -0.3 is 14.8 Å². The second-order valence-electron chi connectivity index (χ2n) is 7.81. The van der Waals surface area contributed by atoms with Gasteiger partial charge in [0.2, 0.25) is 5.91 Å². The molecule has 1 aromatic heterocycles. The second kappa shape index (κ2) is 11.3. The number of aromatic nitrogens is 3. The van der Waals surface area contributed by atoms with Crippen molar-refractivity contribution in [3.63, 3.8) is 0 Å². The van der Waals surface area contributed by atoms with Crippen LogP contribution in [0.5, 0.6) is 11.5 Å². The quantitative estimate of drug-likeness (QED) is 0.285. The van der Waals surface area contributed by atoms with Crippen molar-refractivity contribution in [1.29, 1.82) is 0 Å². The molecule has 0 aliphatic rings. The van der Waals surface area contributed by atoms with Gasteiger partial charge in [0.15, 0.2) is 11.0 Å². The van der Waals surface area contributed by atoms with Crippen molar-refractivity contribution in [3.8, 4) is 17.2 Å². The molecule has 0 saturated carbocycles. The topological polar surface area (TPSA) is 78.3 Å². The molecule has 0 atom stereocenters. The zero-order chi connectivity index (χ0) is 24.8. The molecular weight excluding hydrogens is 484 g/mol.